The van der Waals surface area contributed by atoms with E-state index in [1.165, 1.54) is 17.7 Å². The van der Waals surface area contributed by atoms with E-state index >= 15 is 0 Å². The van der Waals surface area contributed by atoms with Gasteiger partial charge in [0, 0.05) is 30.1 Å². The topological polar surface area (TPSA) is 57.5 Å². The lowest BCUT2D eigenvalue weighted by Crippen LogP contribution is -2.42. The molecule has 2 N–H and O–H groups in total. The molecule has 1 unspecified atom stereocenters. The van der Waals surface area contributed by atoms with Crippen molar-refractivity contribution in [2.24, 2.45) is 0 Å². The second-order valence-electron chi connectivity index (χ2n) is 6.63. The molecule has 1 atom stereocenters. The number of rotatable bonds is 4. The Morgan fingerprint density at radius 1 is 1.44 bits per heavy atom. The number of carbonyl (C=O) groups excluding carboxylic acids is 1. The largest absolute Gasteiger partial charge is 0.459 e. The number of carbonyl (C=O) groups is 1. The summed E-state index contributed by atoms with van der Waals surface area (Å²) in [7, 11) is 2.08. The minimum Gasteiger partial charge on any atom is -0.459 e. The molecule has 0 bridgehead atoms. The van der Waals surface area contributed by atoms with Crippen LogP contribution in [0.4, 0.5) is 9.18 Å². The molecule has 0 aliphatic carbocycles. The summed E-state index contributed by atoms with van der Waals surface area (Å²) >= 11 is 0. The minimum atomic E-state index is -0.297. The Balaban J connectivity index is 1.58. The summed E-state index contributed by atoms with van der Waals surface area (Å²) in [4.78, 5) is 14.4. The minimum absolute atomic E-state index is 0.000402. The Kier molecular flexibility index (Phi) is 5.08. The number of nitrogens with zero attached hydrogens (tertiary/aromatic N) is 1. The van der Waals surface area contributed by atoms with Crippen molar-refractivity contribution in [3.8, 4) is 0 Å². The van der Waals surface area contributed by atoms with E-state index in [2.05, 4.69) is 28.7 Å². The second kappa shape index (κ2) is 7.27. The number of benzene rings is 1. The quantitative estimate of drug-likeness (QED) is 0.836. The van der Waals surface area contributed by atoms with Gasteiger partial charge in [-0.05, 0) is 51.1 Å². The monoisotopic (exact) mass is 345 g/mol. The maximum atomic E-state index is 13.4. The van der Waals surface area contributed by atoms with Crippen LogP contribution in [-0.2, 0) is 6.54 Å². The Bertz CT molecular complexity index is 812. The molecule has 2 aromatic rings. The van der Waals surface area contributed by atoms with E-state index in [0.29, 0.717) is 11.3 Å². The van der Waals surface area contributed by atoms with Crippen LogP contribution in [0.25, 0.3) is 11.0 Å². The number of likely N-dealkylation sites (N-methyl/N-ethyl adjacent to an activating group) is 1. The average Bonchev–Trinajstić information content (AvgIpc) is 2.89. The molecule has 0 radical (unpaired) electrons. The Hall–Kier alpha value is -2.34. The van der Waals surface area contributed by atoms with Gasteiger partial charge >= 0.3 is 6.03 Å². The van der Waals surface area contributed by atoms with Crippen molar-refractivity contribution in [3.63, 3.8) is 0 Å². The first-order valence-corrected chi connectivity index (χ1v) is 8.53. The molecule has 2 amide bonds. The molecule has 0 fully saturated rings. The summed E-state index contributed by atoms with van der Waals surface area (Å²) in [6, 6.07) is 4.19. The molecule has 2 heterocycles. The SMILES string of the molecule is Cc1c(CNC(=O)NC(C)C2=CCN(C)CC2)oc2ccc(F)cc12. The van der Waals surface area contributed by atoms with Crippen LogP contribution in [0, 0.1) is 12.7 Å². The Morgan fingerprint density at radius 2 is 2.24 bits per heavy atom. The number of fused-ring (bicyclic) bond motifs is 1. The highest BCUT2D eigenvalue weighted by molar-refractivity contribution is 5.82. The van der Waals surface area contributed by atoms with Crippen molar-refractivity contribution in [1.82, 2.24) is 15.5 Å². The van der Waals surface area contributed by atoms with Crippen LogP contribution in [0.15, 0.2) is 34.3 Å². The third-order valence-electron chi connectivity index (χ3n) is 4.76. The van der Waals surface area contributed by atoms with E-state index in [0.717, 1.165) is 30.5 Å². The van der Waals surface area contributed by atoms with Crippen molar-refractivity contribution in [2.75, 3.05) is 20.1 Å². The molecule has 0 saturated carbocycles. The standard InChI is InChI=1S/C19H24FN3O2/c1-12-16-10-15(20)4-5-17(16)25-18(12)11-21-19(24)22-13(2)14-6-8-23(3)9-7-14/h4-6,10,13H,7-9,11H2,1-3H3,(H2,21,22,24). The summed E-state index contributed by atoms with van der Waals surface area (Å²) in [6.45, 7) is 6.05. The maximum absolute atomic E-state index is 13.4. The molecule has 0 spiro atoms. The molecule has 1 aromatic carbocycles. The zero-order chi connectivity index (χ0) is 18.0. The molecule has 3 rings (SSSR count). The number of hydrogen-bond donors (Lipinski definition) is 2. The summed E-state index contributed by atoms with van der Waals surface area (Å²) in [5, 5.41) is 6.52. The molecule has 134 valence electrons. The highest BCUT2D eigenvalue weighted by atomic mass is 19.1. The summed E-state index contributed by atoms with van der Waals surface area (Å²) in [5.74, 6) is 0.343. The second-order valence-corrected chi connectivity index (χ2v) is 6.63. The van der Waals surface area contributed by atoms with Gasteiger partial charge in [-0.15, -0.1) is 0 Å². The van der Waals surface area contributed by atoms with Gasteiger partial charge < -0.3 is 20.0 Å². The van der Waals surface area contributed by atoms with E-state index < -0.39 is 0 Å². The highest BCUT2D eigenvalue weighted by Gasteiger charge is 2.17. The summed E-state index contributed by atoms with van der Waals surface area (Å²) in [5.41, 5.74) is 2.73. The maximum Gasteiger partial charge on any atom is 0.315 e. The predicted molar refractivity (Wildman–Crippen MR) is 95.9 cm³/mol. The van der Waals surface area contributed by atoms with Crippen molar-refractivity contribution in [1.29, 1.82) is 0 Å². The van der Waals surface area contributed by atoms with Gasteiger partial charge in [-0.2, -0.15) is 0 Å². The number of amides is 2. The first kappa shape index (κ1) is 17.5. The van der Waals surface area contributed by atoms with Gasteiger partial charge in [-0.25, -0.2) is 9.18 Å². The molecular weight excluding hydrogens is 321 g/mol. The fourth-order valence-corrected chi connectivity index (χ4v) is 3.09. The van der Waals surface area contributed by atoms with Gasteiger partial charge in [-0.1, -0.05) is 6.08 Å². The lowest BCUT2D eigenvalue weighted by Gasteiger charge is -2.26. The third kappa shape index (κ3) is 4.02. The molecule has 1 aliphatic heterocycles. The third-order valence-corrected chi connectivity index (χ3v) is 4.76. The molecule has 1 aliphatic rings. The van der Waals surface area contributed by atoms with Gasteiger partial charge in [0.05, 0.1) is 6.54 Å². The molecule has 0 saturated heterocycles. The van der Waals surface area contributed by atoms with Crippen LogP contribution in [0.1, 0.15) is 24.7 Å². The molecule has 6 heteroatoms. The van der Waals surface area contributed by atoms with Gasteiger partial charge in [0.2, 0.25) is 0 Å². The van der Waals surface area contributed by atoms with E-state index in [1.807, 2.05) is 13.8 Å². The molecule has 5 nitrogen and oxygen atoms in total. The lowest BCUT2D eigenvalue weighted by atomic mass is 10.0. The van der Waals surface area contributed by atoms with Gasteiger partial charge in [0.25, 0.3) is 0 Å². The number of urea groups is 1. The molecular formula is C19H24FN3O2. The smallest absolute Gasteiger partial charge is 0.315 e. The van der Waals surface area contributed by atoms with Crippen molar-refractivity contribution >= 4 is 17.0 Å². The predicted octanol–water partition coefficient (Wildman–Crippen LogP) is 3.33. The van der Waals surface area contributed by atoms with E-state index in [9.17, 15) is 9.18 Å². The number of aryl methyl sites for hydroxylation is 1. The molecule has 25 heavy (non-hydrogen) atoms. The highest BCUT2D eigenvalue weighted by Crippen LogP contribution is 2.25. The zero-order valence-corrected chi connectivity index (χ0v) is 14.9. The van der Waals surface area contributed by atoms with Crippen LogP contribution < -0.4 is 10.6 Å². The van der Waals surface area contributed by atoms with Crippen LogP contribution in [0.5, 0.6) is 0 Å². The number of nitrogens with one attached hydrogen (secondary N) is 2. The first-order chi connectivity index (χ1) is 11.9. The van der Waals surface area contributed by atoms with Gasteiger partial charge in [0.15, 0.2) is 0 Å². The molecule has 1 aromatic heterocycles. The zero-order valence-electron chi connectivity index (χ0n) is 14.9. The van der Waals surface area contributed by atoms with Gasteiger partial charge in [0.1, 0.15) is 17.2 Å². The van der Waals surface area contributed by atoms with Gasteiger partial charge in [-0.3, -0.25) is 0 Å². The van der Waals surface area contributed by atoms with Crippen molar-refractivity contribution < 1.29 is 13.6 Å². The van der Waals surface area contributed by atoms with Crippen molar-refractivity contribution in [3.05, 3.63) is 47.0 Å². The number of furan rings is 1. The van der Waals surface area contributed by atoms with Crippen molar-refractivity contribution in [2.45, 2.75) is 32.9 Å². The normalized spacial score (nSPS) is 16.6. The van der Waals surface area contributed by atoms with Crippen LogP contribution >= 0.6 is 0 Å². The van der Waals surface area contributed by atoms with Crippen LogP contribution in [0.2, 0.25) is 0 Å². The summed E-state index contributed by atoms with van der Waals surface area (Å²) < 4.78 is 19.1. The van der Waals surface area contributed by atoms with E-state index in [-0.39, 0.29) is 24.4 Å². The summed E-state index contributed by atoms with van der Waals surface area (Å²) in [6.07, 6.45) is 3.14. The van der Waals surface area contributed by atoms with Crippen LogP contribution in [0.3, 0.4) is 0 Å². The van der Waals surface area contributed by atoms with E-state index in [4.69, 9.17) is 4.42 Å². The van der Waals surface area contributed by atoms with E-state index in [1.54, 1.807) is 6.07 Å². The fraction of sp³-hybridized carbons (Fsp3) is 0.421. The van der Waals surface area contributed by atoms with Crippen LogP contribution in [-0.4, -0.2) is 37.1 Å². The number of halogens is 1. The average molecular weight is 345 g/mol. The Morgan fingerprint density at radius 3 is 2.96 bits per heavy atom. The lowest BCUT2D eigenvalue weighted by molar-refractivity contribution is 0.237. The Labute approximate surface area is 146 Å². The fourth-order valence-electron chi connectivity index (χ4n) is 3.09. The number of hydrogen-bond acceptors (Lipinski definition) is 3. The first-order valence-electron chi connectivity index (χ1n) is 8.53.